The van der Waals surface area contributed by atoms with Crippen LogP contribution in [0.3, 0.4) is 0 Å². The largest absolute Gasteiger partial charge is 0.456 e. The first-order valence-electron chi connectivity index (χ1n) is 19.4. The summed E-state index contributed by atoms with van der Waals surface area (Å²) in [6.45, 7) is 18.1. The quantitative estimate of drug-likeness (QED) is 0.158. The van der Waals surface area contributed by atoms with Crippen LogP contribution in [0, 0.1) is 28.6 Å². The van der Waals surface area contributed by atoms with Gasteiger partial charge in [-0.25, -0.2) is 14.4 Å². The number of nitrogens with one attached hydrogen (secondary N) is 1. The monoisotopic (exact) mass is 785 g/mol. The number of ketones is 1. The van der Waals surface area contributed by atoms with Gasteiger partial charge >= 0.3 is 24.0 Å². The summed E-state index contributed by atoms with van der Waals surface area (Å²) in [4.78, 5) is 68.8. The Morgan fingerprint density at radius 2 is 1.68 bits per heavy atom. The number of benzene rings is 1. The van der Waals surface area contributed by atoms with Crippen molar-refractivity contribution in [3.8, 4) is 0 Å². The van der Waals surface area contributed by atoms with Crippen molar-refractivity contribution in [1.29, 1.82) is 0 Å². The summed E-state index contributed by atoms with van der Waals surface area (Å²) in [6, 6.07) is 6.94. The summed E-state index contributed by atoms with van der Waals surface area (Å²) in [5, 5.41) is 39.4. The molecule has 4 aliphatic rings. The molecule has 3 fully saturated rings. The van der Waals surface area contributed by atoms with Crippen LogP contribution in [0.15, 0.2) is 41.5 Å². The zero-order chi connectivity index (χ0) is 41.9. The van der Waals surface area contributed by atoms with E-state index in [9.17, 15) is 34.5 Å². The molecular formula is C42H59NO13. The molecule has 5 rings (SSSR count). The number of carbonyl (C=O) groups is 5. The molecule has 56 heavy (non-hydrogen) atoms. The fourth-order valence-electron chi connectivity index (χ4n) is 9.88. The number of aliphatic hydroxyl groups is 3. The van der Waals surface area contributed by atoms with Gasteiger partial charge in [0.1, 0.15) is 35.3 Å². The molecule has 1 saturated heterocycles. The Morgan fingerprint density at radius 3 is 2.21 bits per heavy atom. The van der Waals surface area contributed by atoms with Gasteiger partial charge in [-0.05, 0) is 70.2 Å². The molecule has 0 unspecified atom stereocenters. The van der Waals surface area contributed by atoms with E-state index < -0.39 is 106 Å². The minimum atomic E-state index is -2.17. The van der Waals surface area contributed by atoms with E-state index in [1.807, 2.05) is 13.8 Å². The summed E-state index contributed by atoms with van der Waals surface area (Å²) in [6.07, 6.45) is -8.15. The normalized spacial score (nSPS) is 34.7. The van der Waals surface area contributed by atoms with E-state index in [2.05, 4.69) is 5.32 Å². The maximum absolute atomic E-state index is 15.1. The first-order valence-corrected chi connectivity index (χ1v) is 19.4. The highest BCUT2D eigenvalue weighted by Gasteiger charge is 2.77. The highest BCUT2D eigenvalue weighted by atomic mass is 16.6. The van der Waals surface area contributed by atoms with Crippen molar-refractivity contribution in [2.75, 3.05) is 6.61 Å². The summed E-state index contributed by atoms with van der Waals surface area (Å²) < 4.78 is 29.8. The van der Waals surface area contributed by atoms with E-state index in [-0.39, 0.29) is 37.4 Å². The lowest BCUT2D eigenvalue weighted by atomic mass is 9.43. The molecule has 14 nitrogen and oxygen atoms in total. The van der Waals surface area contributed by atoms with E-state index in [0.717, 1.165) is 0 Å². The van der Waals surface area contributed by atoms with Gasteiger partial charge in [-0.2, -0.15) is 0 Å². The molecule has 1 amide bonds. The number of aliphatic hydroxyl groups excluding tert-OH is 2. The molecule has 2 saturated carbocycles. The van der Waals surface area contributed by atoms with Crippen molar-refractivity contribution in [3.63, 3.8) is 0 Å². The Hall–Kier alpha value is -3.85. The highest BCUT2D eigenvalue weighted by Crippen LogP contribution is 2.65. The molecule has 1 aromatic carbocycles. The van der Waals surface area contributed by atoms with Gasteiger partial charge in [-0.1, -0.05) is 52.8 Å². The van der Waals surface area contributed by atoms with E-state index in [1.54, 1.807) is 73.6 Å². The first-order chi connectivity index (χ1) is 25.8. The molecule has 1 aliphatic heterocycles. The van der Waals surface area contributed by atoms with Crippen molar-refractivity contribution in [3.05, 3.63) is 47.0 Å². The van der Waals surface area contributed by atoms with Crippen LogP contribution in [0.2, 0.25) is 0 Å². The van der Waals surface area contributed by atoms with Crippen molar-refractivity contribution in [2.24, 2.45) is 28.6 Å². The summed E-state index contributed by atoms with van der Waals surface area (Å²) >= 11 is 0. The van der Waals surface area contributed by atoms with Crippen molar-refractivity contribution < 1.29 is 63.0 Å². The molecule has 2 bridgehead atoms. The molecule has 1 heterocycles. The van der Waals surface area contributed by atoms with Crippen LogP contribution in [0.25, 0.3) is 0 Å². The predicted octanol–water partition coefficient (Wildman–Crippen LogP) is 4.21. The number of ether oxygens (including phenoxy) is 5. The first kappa shape index (κ1) is 43.3. The van der Waals surface area contributed by atoms with Crippen LogP contribution in [0.4, 0.5) is 4.79 Å². The Kier molecular flexibility index (Phi) is 11.7. The zero-order valence-electron chi connectivity index (χ0n) is 34.3. The highest BCUT2D eigenvalue weighted by molar-refractivity contribution is 5.92. The SMILES string of the molecule is CC(=O)O[C@@]12CO[C@@H]1C[C@H](O)[C@@]1(C)C(=O)[C@H](C)C3=C(C)[C@@H](OC(=O)[C@@H](O)[C@H](CC(C)C)NC(=O)OC(C)(C)C)C[C@@](O)([C@@H](OC(=O)c4ccccc4)[C@H]21)C3(C)C. The maximum Gasteiger partial charge on any atom is 0.407 e. The van der Waals surface area contributed by atoms with Crippen LogP contribution >= 0.6 is 0 Å². The Labute approximate surface area is 328 Å². The molecule has 0 spiro atoms. The van der Waals surface area contributed by atoms with E-state index >= 15 is 4.79 Å². The summed E-state index contributed by atoms with van der Waals surface area (Å²) in [5.41, 5.74) is -6.76. The number of Topliss-reactive ketones (excluding diaryl/α,β-unsaturated/α-hetero) is 1. The van der Waals surface area contributed by atoms with Crippen LogP contribution < -0.4 is 5.32 Å². The number of hydrogen-bond donors (Lipinski definition) is 4. The number of hydrogen-bond acceptors (Lipinski definition) is 13. The minimum absolute atomic E-state index is 0.0645. The molecular weight excluding hydrogens is 726 g/mol. The second-order valence-corrected chi connectivity index (χ2v) is 18.2. The number of carbonyl (C=O) groups excluding carboxylic acids is 5. The van der Waals surface area contributed by atoms with Crippen molar-refractivity contribution in [2.45, 2.75) is 149 Å². The van der Waals surface area contributed by atoms with Crippen LogP contribution in [-0.4, -0.2) is 105 Å². The second-order valence-electron chi connectivity index (χ2n) is 18.2. The maximum atomic E-state index is 15.1. The minimum Gasteiger partial charge on any atom is -0.456 e. The second kappa shape index (κ2) is 15.1. The summed E-state index contributed by atoms with van der Waals surface area (Å²) in [7, 11) is 0. The third kappa shape index (κ3) is 7.38. The smallest absolute Gasteiger partial charge is 0.407 e. The van der Waals surface area contributed by atoms with Gasteiger partial charge < -0.3 is 44.3 Å². The topological polar surface area (TPSA) is 204 Å². The van der Waals surface area contributed by atoms with Crippen LogP contribution in [0.5, 0.6) is 0 Å². The number of alkyl carbamates (subject to hydrolysis) is 1. The van der Waals surface area contributed by atoms with Crippen molar-refractivity contribution >= 4 is 29.8 Å². The van der Waals surface area contributed by atoms with E-state index in [4.69, 9.17) is 23.7 Å². The average molecular weight is 786 g/mol. The molecule has 0 aromatic heterocycles. The summed E-state index contributed by atoms with van der Waals surface area (Å²) in [5.74, 6) is -5.51. The Bertz CT molecular complexity index is 1750. The van der Waals surface area contributed by atoms with Gasteiger partial charge in [-0.15, -0.1) is 0 Å². The zero-order valence-corrected chi connectivity index (χ0v) is 34.3. The number of rotatable bonds is 9. The fraction of sp³-hybridized carbons (Fsp3) is 0.690. The lowest BCUT2D eigenvalue weighted by molar-refractivity contribution is -0.345. The van der Waals surface area contributed by atoms with Crippen LogP contribution in [-0.2, 0) is 38.1 Å². The lowest BCUT2D eigenvalue weighted by Crippen LogP contribution is -2.81. The van der Waals surface area contributed by atoms with Gasteiger partial charge in [-0.3, -0.25) is 9.59 Å². The third-order valence-corrected chi connectivity index (χ3v) is 12.5. The van der Waals surface area contributed by atoms with Crippen molar-refractivity contribution in [1.82, 2.24) is 5.32 Å². The molecule has 1 aromatic rings. The molecule has 11 atom stereocenters. The molecule has 310 valence electrons. The molecule has 0 radical (unpaired) electrons. The van der Waals surface area contributed by atoms with Crippen LogP contribution in [0.1, 0.15) is 106 Å². The fourth-order valence-corrected chi connectivity index (χ4v) is 9.88. The third-order valence-electron chi connectivity index (χ3n) is 12.5. The lowest BCUT2D eigenvalue weighted by Gasteiger charge is -2.67. The standard InChI is InChI=1S/C42H59NO13/c1-21(2)17-26(43-37(50)56-38(6,7)8)31(46)36(49)53-27-19-42(51)34(54-35(48)25-15-13-12-14-16-25)32-40(11,33(47)23(4)30(22(27)3)39(42,9)10)28(45)18-29-41(32,20-52-29)55-24(5)44/h12-16,21,23,26-29,31-32,34,45-46,51H,17-20H2,1-11H3,(H,43,50)/t23-,26+,27+,28+,29-,31+,32+,34+,40-,41+,42-/m1/s1. The number of esters is 3. The Balaban J connectivity index is 1.66. The molecule has 4 N–H and O–H groups in total. The van der Waals surface area contributed by atoms with Gasteiger partial charge in [0.25, 0.3) is 0 Å². The number of amides is 1. The van der Waals surface area contributed by atoms with E-state index in [0.29, 0.717) is 11.1 Å². The molecule has 3 aliphatic carbocycles. The average Bonchev–Trinajstić information content (AvgIpc) is 3.08. The number of fused-ring (bicyclic) bond motifs is 5. The van der Waals surface area contributed by atoms with Gasteiger partial charge in [0.15, 0.2) is 11.7 Å². The van der Waals surface area contributed by atoms with Gasteiger partial charge in [0, 0.05) is 31.1 Å². The van der Waals surface area contributed by atoms with E-state index in [1.165, 1.54) is 19.1 Å². The Morgan fingerprint density at radius 1 is 1.05 bits per heavy atom. The molecule has 14 heteroatoms. The van der Waals surface area contributed by atoms with Gasteiger partial charge in [0.2, 0.25) is 0 Å². The van der Waals surface area contributed by atoms with Gasteiger partial charge in [0.05, 0.1) is 35.6 Å². The predicted molar refractivity (Wildman–Crippen MR) is 201 cm³/mol.